The number of nitrogens with zero attached hydrogens (tertiary/aromatic N) is 1. The lowest BCUT2D eigenvalue weighted by molar-refractivity contribution is 0.0706. The van der Waals surface area contributed by atoms with Gasteiger partial charge in [-0.05, 0) is 41.8 Å². The van der Waals surface area contributed by atoms with Crippen molar-refractivity contribution >= 4 is 28.4 Å². The molecule has 3 rings (SSSR count). The lowest BCUT2D eigenvalue weighted by atomic mass is 10.1. The molecule has 0 aliphatic heterocycles. The van der Waals surface area contributed by atoms with E-state index in [1.807, 2.05) is 35.0 Å². The molecule has 0 atom stereocenters. The summed E-state index contributed by atoms with van der Waals surface area (Å²) in [5, 5.41) is 10.4. The quantitative estimate of drug-likeness (QED) is 0.556. The van der Waals surface area contributed by atoms with Crippen molar-refractivity contribution in [2.45, 2.75) is 6.54 Å². The minimum Gasteiger partial charge on any atom is -0.492 e. The zero-order valence-corrected chi connectivity index (χ0v) is 13.0. The molecule has 23 heavy (non-hydrogen) atoms. The predicted octanol–water partition coefficient (Wildman–Crippen LogP) is 3.49. The Morgan fingerprint density at radius 1 is 1.22 bits per heavy atom. The maximum absolute atomic E-state index is 11.5. The molecule has 1 amide bonds. The van der Waals surface area contributed by atoms with E-state index in [2.05, 4.69) is 0 Å². The fourth-order valence-electron chi connectivity index (χ4n) is 2.40. The third kappa shape index (κ3) is 3.47. The Bertz CT molecular complexity index is 845. The van der Waals surface area contributed by atoms with E-state index in [0.717, 1.165) is 10.9 Å². The molecule has 0 aliphatic carbocycles. The first-order valence-electron chi connectivity index (χ1n) is 7.09. The molecular formula is C17H15ClN2O3. The van der Waals surface area contributed by atoms with Crippen LogP contribution in [0, 0.1) is 0 Å². The van der Waals surface area contributed by atoms with Gasteiger partial charge in [0.1, 0.15) is 12.4 Å². The second-order valence-corrected chi connectivity index (χ2v) is 5.47. The molecule has 0 bridgehead atoms. The summed E-state index contributed by atoms with van der Waals surface area (Å²) < 4.78 is 7.68. The van der Waals surface area contributed by atoms with Gasteiger partial charge in [-0.1, -0.05) is 23.7 Å². The highest BCUT2D eigenvalue weighted by Crippen LogP contribution is 2.19. The van der Waals surface area contributed by atoms with Gasteiger partial charge in [-0.3, -0.25) is 10.0 Å². The van der Waals surface area contributed by atoms with Crippen molar-refractivity contribution < 1.29 is 14.7 Å². The van der Waals surface area contributed by atoms with Gasteiger partial charge in [-0.15, -0.1) is 0 Å². The minimum absolute atomic E-state index is 0.399. The Morgan fingerprint density at radius 3 is 2.87 bits per heavy atom. The molecule has 0 fully saturated rings. The Balaban J connectivity index is 1.73. The van der Waals surface area contributed by atoms with Crippen LogP contribution < -0.4 is 10.2 Å². The Kier molecular flexibility index (Phi) is 4.50. The number of carbonyl (C=O) groups is 1. The Labute approximate surface area is 138 Å². The molecule has 3 aromatic rings. The van der Waals surface area contributed by atoms with Gasteiger partial charge in [0.05, 0.1) is 6.54 Å². The van der Waals surface area contributed by atoms with Crippen LogP contribution in [-0.4, -0.2) is 22.3 Å². The number of fused-ring (bicyclic) bond motifs is 1. The van der Waals surface area contributed by atoms with Crippen molar-refractivity contribution in [3.63, 3.8) is 0 Å². The van der Waals surface area contributed by atoms with Crippen LogP contribution in [0.1, 0.15) is 10.4 Å². The molecule has 0 unspecified atom stereocenters. The molecule has 2 aromatic carbocycles. The number of hydroxylamine groups is 1. The highest BCUT2D eigenvalue weighted by atomic mass is 35.5. The summed E-state index contributed by atoms with van der Waals surface area (Å²) in [6, 6.07) is 14.5. The second-order valence-electron chi connectivity index (χ2n) is 5.03. The van der Waals surface area contributed by atoms with Crippen LogP contribution >= 0.6 is 11.6 Å². The van der Waals surface area contributed by atoms with E-state index in [1.165, 1.54) is 0 Å². The van der Waals surface area contributed by atoms with Crippen LogP contribution in [0.25, 0.3) is 10.9 Å². The first-order chi connectivity index (χ1) is 11.2. The summed E-state index contributed by atoms with van der Waals surface area (Å²) in [5.74, 6) is 0.184. The summed E-state index contributed by atoms with van der Waals surface area (Å²) >= 11 is 5.92. The number of nitrogens with one attached hydrogen (secondary N) is 1. The fraction of sp³-hybridized carbons (Fsp3) is 0.118. The summed E-state index contributed by atoms with van der Waals surface area (Å²) in [7, 11) is 0. The number of aromatic nitrogens is 1. The summed E-state index contributed by atoms with van der Waals surface area (Å²) in [4.78, 5) is 11.5. The van der Waals surface area contributed by atoms with Crippen LogP contribution in [0.2, 0.25) is 5.02 Å². The monoisotopic (exact) mass is 330 g/mol. The first kappa shape index (κ1) is 15.4. The molecule has 0 saturated heterocycles. The maximum Gasteiger partial charge on any atom is 0.274 e. The summed E-state index contributed by atoms with van der Waals surface area (Å²) in [5.41, 5.74) is 2.94. The number of hydrogen-bond donors (Lipinski definition) is 2. The predicted molar refractivity (Wildman–Crippen MR) is 88.1 cm³/mol. The lowest BCUT2D eigenvalue weighted by Crippen LogP contribution is -2.18. The van der Waals surface area contributed by atoms with Gasteiger partial charge in [0.25, 0.3) is 5.91 Å². The molecular weight excluding hydrogens is 316 g/mol. The van der Waals surface area contributed by atoms with Crippen molar-refractivity contribution in [3.05, 3.63) is 65.3 Å². The van der Waals surface area contributed by atoms with Crippen molar-refractivity contribution in [1.82, 2.24) is 10.0 Å². The number of halogens is 1. The van der Waals surface area contributed by atoms with E-state index in [9.17, 15) is 4.79 Å². The van der Waals surface area contributed by atoms with E-state index in [0.29, 0.717) is 29.5 Å². The Hall–Kier alpha value is -2.50. The number of benzene rings is 2. The van der Waals surface area contributed by atoms with Gasteiger partial charge in [0, 0.05) is 22.3 Å². The van der Waals surface area contributed by atoms with Crippen LogP contribution in [0.5, 0.6) is 5.75 Å². The van der Waals surface area contributed by atoms with Crippen molar-refractivity contribution in [2.24, 2.45) is 0 Å². The summed E-state index contributed by atoms with van der Waals surface area (Å²) in [6.07, 6.45) is 1.94. The molecule has 0 aliphatic rings. The number of hydrogen-bond acceptors (Lipinski definition) is 3. The van der Waals surface area contributed by atoms with E-state index in [4.69, 9.17) is 21.5 Å². The number of carbonyl (C=O) groups excluding carboxylic acids is 1. The van der Waals surface area contributed by atoms with E-state index >= 15 is 0 Å². The van der Waals surface area contributed by atoms with E-state index in [-0.39, 0.29) is 0 Å². The van der Waals surface area contributed by atoms with E-state index in [1.54, 1.807) is 29.7 Å². The average molecular weight is 331 g/mol. The Morgan fingerprint density at radius 2 is 2.09 bits per heavy atom. The minimum atomic E-state index is -0.533. The van der Waals surface area contributed by atoms with Gasteiger partial charge < -0.3 is 9.30 Å². The molecule has 0 saturated carbocycles. The third-order valence-corrected chi connectivity index (χ3v) is 3.77. The fourth-order valence-corrected chi connectivity index (χ4v) is 2.58. The molecule has 6 heteroatoms. The number of amides is 1. The zero-order valence-electron chi connectivity index (χ0n) is 12.2. The van der Waals surface area contributed by atoms with Crippen LogP contribution in [0.4, 0.5) is 0 Å². The third-order valence-electron chi connectivity index (χ3n) is 3.53. The smallest absolute Gasteiger partial charge is 0.274 e. The number of rotatable bonds is 5. The van der Waals surface area contributed by atoms with Crippen molar-refractivity contribution in [1.29, 1.82) is 0 Å². The average Bonchev–Trinajstić information content (AvgIpc) is 2.96. The highest BCUT2D eigenvalue weighted by molar-refractivity contribution is 6.30. The van der Waals surface area contributed by atoms with Gasteiger partial charge in [0.15, 0.2) is 0 Å². The molecule has 1 heterocycles. The van der Waals surface area contributed by atoms with Gasteiger partial charge in [-0.2, -0.15) is 0 Å². The zero-order chi connectivity index (χ0) is 16.2. The van der Waals surface area contributed by atoms with Gasteiger partial charge in [-0.25, -0.2) is 5.48 Å². The number of ether oxygens (including phenoxy) is 1. The van der Waals surface area contributed by atoms with Crippen molar-refractivity contribution in [3.8, 4) is 5.75 Å². The second kappa shape index (κ2) is 6.73. The standard InChI is InChI=1S/C17H15ClN2O3/c18-14-2-1-3-15(11-14)23-9-8-20-7-6-12-4-5-13(10-16(12)20)17(21)19-22/h1-7,10-11,22H,8-9H2,(H,19,21). The van der Waals surface area contributed by atoms with Crippen LogP contribution in [0.15, 0.2) is 54.7 Å². The molecule has 118 valence electrons. The molecule has 0 radical (unpaired) electrons. The van der Waals surface area contributed by atoms with Crippen molar-refractivity contribution in [2.75, 3.05) is 6.61 Å². The maximum atomic E-state index is 11.5. The highest BCUT2D eigenvalue weighted by Gasteiger charge is 2.08. The van der Waals surface area contributed by atoms with Gasteiger partial charge in [0.2, 0.25) is 0 Å². The molecule has 5 nitrogen and oxygen atoms in total. The molecule has 2 N–H and O–H groups in total. The SMILES string of the molecule is O=C(NO)c1ccc2ccn(CCOc3cccc(Cl)c3)c2c1. The largest absolute Gasteiger partial charge is 0.492 e. The topological polar surface area (TPSA) is 63.5 Å². The van der Waals surface area contributed by atoms with Crippen LogP contribution in [-0.2, 0) is 6.54 Å². The molecule has 0 spiro atoms. The normalized spacial score (nSPS) is 10.7. The lowest BCUT2D eigenvalue weighted by Gasteiger charge is -2.09. The van der Waals surface area contributed by atoms with E-state index < -0.39 is 5.91 Å². The molecule has 1 aromatic heterocycles. The first-order valence-corrected chi connectivity index (χ1v) is 7.47. The van der Waals surface area contributed by atoms with Crippen LogP contribution in [0.3, 0.4) is 0 Å². The summed E-state index contributed by atoms with van der Waals surface area (Å²) in [6.45, 7) is 1.10. The van der Waals surface area contributed by atoms with Gasteiger partial charge >= 0.3 is 0 Å².